The van der Waals surface area contributed by atoms with Crippen LogP contribution < -0.4 is 10.2 Å². The van der Waals surface area contributed by atoms with Crippen molar-refractivity contribution in [2.75, 3.05) is 24.3 Å². The Balaban J connectivity index is 2.05. The van der Waals surface area contributed by atoms with Crippen molar-refractivity contribution in [3.05, 3.63) is 12.3 Å². The van der Waals surface area contributed by atoms with E-state index in [9.17, 15) is 0 Å². The molecule has 0 radical (unpaired) electrons. The molecule has 1 saturated carbocycles. The first-order valence-corrected chi connectivity index (χ1v) is 6.97. The molecule has 1 N–H and O–H groups in total. The van der Waals surface area contributed by atoms with Gasteiger partial charge in [0.25, 0.3) is 0 Å². The zero-order valence-corrected chi connectivity index (χ0v) is 11.7. The third kappa shape index (κ3) is 3.12. The minimum Gasteiger partial charge on any atom is -0.367 e. The van der Waals surface area contributed by atoms with Crippen molar-refractivity contribution in [3.8, 4) is 0 Å². The summed E-state index contributed by atoms with van der Waals surface area (Å²) < 4.78 is 0. The largest absolute Gasteiger partial charge is 0.367 e. The summed E-state index contributed by atoms with van der Waals surface area (Å²) in [5.41, 5.74) is 0. The van der Waals surface area contributed by atoms with Crippen molar-refractivity contribution in [2.24, 2.45) is 5.92 Å². The molecule has 0 aromatic carbocycles. The van der Waals surface area contributed by atoms with Crippen LogP contribution in [0.5, 0.6) is 0 Å². The van der Waals surface area contributed by atoms with Crippen molar-refractivity contribution in [1.82, 2.24) is 9.97 Å². The number of hydrogen-bond acceptors (Lipinski definition) is 4. The van der Waals surface area contributed by atoms with Crippen LogP contribution in [0.3, 0.4) is 0 Å². The fourth-order valence-corrected chi connectivity index (χ4v) is 2.72. The third-order valence-electron chi connectivity index (χ3n) is 3.81. The molecule has 4 heteroatoms. The predicted octanol–water partition coefficient (Wildman–Crippen LogP) is 2.92. The number of anilines is 2. The summed E-state index contributed by atoms with van der Waals surface area (Å²) in [6.45, 7) is 2.29. The van der Waals surface area contributed by atoms with E-state index >= 15 is 0 Å². The molecule has 1 aromatic heterocycles. The van der Waals surface area contributed by atoms with Crippen LogP contribution in [0.25, 0.3) is 0 Å². The lowest BCUT2D eigenvalue weighted by molar-refractivity contribution is 0.317. The van der Waals surface area contributed by atoms with E-state index in [4.69, 9.17) is 0 Å². The number of nitrogens with zero attached hydrogens (tertiary/aromatic N) is 3. The average Bonchev–Trinajstić information content (AvgIpc) is 2.39. The summed E-state index contributed by atoms with van der Waals surface area (Å²) in [7, 11) is 3.93. The van der Waals surface area contributed by atoms with Gasteiger partial charge in [-0.3, -0.25) is 0 Å². The van der Waals surface area contributed by atoms with Gasteiger partial charge in [0, 0.05) is 26.3 Å². The Morgan fingerprint density at radius 2 is 2.11 bits per heavy atom. The van der Waals surface area contributed by atoms with E-state index in [1.165, 1.54) is 32.1 Å². The van der Waals surface area contributed by atoms with Crippen LogP contribution in [0, 0.1) is 5.92 Å². The molecule has 2 rings (SSSR count). The maximum atomic E-state index is 4.54. The molecular weight excluding hydrogens is 224 g/mol. The van der Waals surface area contributed by atoms with Gasteiger partial charge in [-0.1, -0.05) is 26.2 Å². The maximum Gasteiger partial charge on any atom is 0.226 e. The SMILES string of the molecule is CCC1CCCCC1Nc1ccnc(N(C)C)n1. The standard InChI is InChI=1S/C14H24N4/c1-4-11-7-5-6-8-12(11)16-13-9-10-15-14(17-13)18(2)3/h9-12H,4-8H2,1-3H3,(H,15,16,17). The monoisotopic (exact) mass is 248 g/mol. The van der Waals surface area contributed by atoms with Crippen LogP contribution in [-0.2, 0) is 0 Å². The number of nitrogens with one attached hydrogen (secondary N) is 1. The van der Waals surface area contributed by atoms with Gasteiger partial charge < -0.3 is 10.2 Å². The second kappa shape index (κ2) is 6.03. The van der Waals surface area contributed by atoms with Crippen LogP contribution in [0.2, 0.25) is 0 Å². The van der Waals surface area contributed by atoms with Crippen molar-refractivity contribution < 1.29 is 0 Å². The van der Waals surface area contributed by atoms with E-state index in [1.807, 2.05) is 31.3 Å². The number of hydrogen-bond donors (Lipinski definition) is 1. The number of aromatic nitrogens is 2. The van der Waals surface area contributed by atoms with Gasteiger partial charge in [-0.15, -0.1) is 0 Å². The first-order valence-electron chi connectivity index (χ1n) is 6.97. The van der Waals surface area contributed by atoms with E-state index in [1.54, 1.807) is 0 Å². The Labute approximate surface area is 110 Å². The summed E-state index contributed by atoms with van der Waals surface area (Å²) >= 11 is 0. The quantitative estimate of drug-likeness (QED) is 0.889. The minimum atomic E-state index is 0.577. The molecule has 0 aliphatic heterocycles. The molecule has 0 amide bonds. The van der Waals surface area contributed by atoms with E-state index in [0.717, 1.165) is 17.7 Å². The van der Waals surface area contributed by atoms with Gasteiger partial charge in [-0.25, -0.2) is 4.98 Å². The summed E-state index contributed by atoms with van der Waals surface area (Å²) in [6.07, 6.45) is 8.40. The Kier molecular flexibility index (Phi) is 4.39. The Bertz CT molecular complexity index is 378. The fourth-order valence-electron chi connectivity index (χ4n) is 2.72. The fraction of sp³-hybridized carbons (Fsp3) is 0.714. The molecule has 0 spiro atoms. The second-order valence-electron chi connectivity index (χ2n) is 5.34. The molecule has 0 bridgehead atoms. The molecule has 2 atom stereocenters. The molecule has 1 aliphatic carbocycles. The van der Waals surface area contributed by atoms with Crippen LogP contribution in [-0.4, -0.2) is 30.1 Å². The van der Waals surface area contributed by atoms with Crippen LogP contribution in [0.15, 0.2) is 12.3 Å². The Morgan fingerprint density at radius 3 is 2.83 bits per heavy atom. The zero-order chi connectivity index (χ0) is 13.0. The molecule has 100 valence electrons. The maximum absolute atomic E-state index is 4.54. The first-order chi connectivity index (χ1) is 8.70. The van der Waals surface area contributed by atoms with Crippen LogP contribution in [0.1, 0.15) is 39.0 Å². The van der Waals surface area contributed by atoms with Crippen molar-refractivity contribution in [2.45, 2.75) is 45.1 Å². The van der Waals surface area contributed by atoms with Crippen molar-refractivity contribution in [1.29, 1.82) is 0 Å². The Hall–Kier alpha value is -1.32. The van der Waals surface area contributed by atoms with E-state index in [2.05, 4.69) is 22.2 Å². The third-order valence-corrected chi connectivity index (χ3v) is 3.81. The molecular formula is C14H24N4. The highest BCUT2D eigenvalue weighted by Crippen LogP contribution is 2.29. The second-order valence-corrected chi connectivity index (χ2v) is 5.34. The van der Waals surface area contributed by atoms with E-state index < -0.39 is 0 Å². The van der Waals surface area contributed by atoms with Gasteiger partial charge in [0.15, 0.2) is 0 Å². The molecule has 18 heavy (non-hydrogen) atoms. The smallest absolute Gasteiger partial charge is 0.226 e. The molecule has 1 heterocycles. The molecule has 1 fully saturated rings. The topological polar surface area (TPSA) is 41.1 Å². The predicted molar refractivity (Wildman–Crippen MR) is 76.0 cm³/mol. The first kappa shape index (κ1) is 13.1. The summed E-state index contributed by atoms with van der Waals surface area (Å²) in [5, 5.41) is 3.60. The van der Waals surface area contributed by atoms with Crippen molar-refractivity contribution >= 4 is 11.8 Å². The molecule has 1 aliphatic rings. The molecule has 4 nitrogen and oxygen atoms in total. The summed E-state index contributed by atoms with van der Waals surface area (Å²) in [5.74, 6) is 2.51. The van der Waals surface area contributed by atoms with Gasteiger partial charge in [-0.2, -0.15) is 4.98 Å². The van der Waals surface area contributed by atoms with Gasteiger partial charge in [-0.05, 0) is 24.8 Å². The minimum absolute atomic E-state index is 0.577. The lowest BCUT2D eigenvalue weighted by atomic mass is 9.83. The van der Waals surface area contributed by atoms with Gasteiger partial charge in [0.1, 0.15) is 5.82 Å². The highest BCUT2D eigenvalue weighted by atomic mass is 15.2. The molecule has 2 unspecified atom stereocenters. The van der Waals surface area contributed by atoms with Crippen molar-refractivity contribution in [3.63, 3.8) is 0 Å². The summed E-state index contributed by atoms with van der Waals surface area (Å²) in [6, 6.07) is 2.54. The van der Waals surface area contributed by atoms with Gasteiger partial charge >= 0.3 is 0 Å². The Morgan fingerprint density at radius 1 is 1.33 bits per heavy atom. The van der Waals surface area contributed by atoms with Crippen LogP contribution >= 0.6 is 0 Å². The normalized spacial score (nSPS) is 23.7. The highest BCUT2D eigenvalue weighted by molar-refractivity contribution is 5.41. The van der Waals surface area contributed by atoms with Gasteiger partial charge in [0.2, 0.25) is 5.95 Å². The highest BCUT2D eigenvalue weighted by Gasteiger charge is 2.23. The average molecular weight is 248 g/mol. The summed E-state index contributed by atoms with van der Waals surface area (Å²) in [4.78, 5) is 10.7. The lowest BCUT2D eigenvalue weighted by Gasteiger charge is -2.32. The number of rotatable bonds is 4. The lowest BCUT2D eigenvalue weighted by Crippen LogP contribution is -2.32. The van der Waals surface area contributed by atoms with E-state index in [-0.39, 0.29) is 0 Å². The van der Waals surface area contributed by atoms with Gasteiger partial charge in [0.05, 0.1) is 0 Å². The van der Waals surface area contributed by atoms with Crippen LogP contribution in [0.4, 0.5) is 11.8 Å². The molecule has 1 aromatic rings. The zero-order valence-electron chi connectivity index (χ0n) is 11.7. The molecule has 0 saturated heterocycles. The van der Waals surface area contributed by atoms with E-state index in [0.29, 0.717) is 6.04 Å².